The molecule has 3 heteroatoms. The Balaban J connectivity index is 1.99. The number of hydrogen-bond acceptors (Lipinski definition) is 1. The second-order valence-electron chi connectivity index (χ2n) is 4.99. The Morgan fingerprint density at radius 1 is 1.11 bits per heavy atom. The number of benzene rings is 2. The topological polar surface area (TPSA) is 46.3 Å². The first-order valence-electron chi connectivity index (χ1n) is 6.37. The van der Waals surface area contributed by atoms with E-state index in [2.05, 4.69) is 37.3 Å². The van der Waals surface area contributed by atoms with Gasteiger partial charge >= 0.3 is 6.03 Å². The highest BCUT2D eigenvalue weighted by molar-refractivity contribution is 5.74. The van der Waals surface area contributed by atoms with Crippen LogP contribution in [0, 0.1) is 6.92 Å². The van der Waals surface area contributed by atoms with Crippen molar-refractivity contribution in [2.75, 3.05) is 0 Å². The Hall–Kier alpha value is -2.29. The van der Waals surface area contributed by atoms with Gasteiger partial charge in [-0.25, -0.2) is 4.79 Å². The van der Waals surface area contributed by atoms with E-state index in [1.54, 1.807) is 4.90 Å². The minimum atomic E-state index is -0.353. The molecular formula is C16H16N2O. The van der Waals surface area contributed by atoms with Crippen LogP contribution in [0.25, 0.3) is 11.1 Å². The Morgan fingerprint density at radius 2 is 1.84 bits per heavy atom. The summed E-state index contributed by atoms with van der Waals surface area (Å²) in [5, 5.41) is 0. The summed E-state index contributed by atoms with van der Waals surface area (Å²) in [6, 6.07) is 14.4. The maximum atomic E-state index is 11.2. The van der Waals surface area contributed by atoms with E-state index in [1.807, 2.05) is 12.1 Å². The molecule has 0 saturated carbocycles. The highest BCUT2D eigenvalue weighted by Gasteiger charge is 2.21. The molecule has 2 aromatic carbocycles. The number of fused-ring (bicyclic) bond motifs is 1. The van der Waals surface area contributed by atoms with Gasteiger partial charge in [-0.3, -0.25) is 0 Å². The highest BCUT2D eigenvalue weighted by Crippen LogP contribution is 2.29. The summed E-state index contributed by atoms with van der Waals surface area (Å²) in [6.07, 6.45) is 0. The lowest BCUT2D eigenvalue weighted by atomic mass is 9.97. The van der Waals surface area contributed by atoms with Gasteiger partial charge in [0.2, 0.25) is 0 Å². The predicted molar refractivity (Wildman–Crippen MR) is 75.4 cm³/mol. The lowest BCUT2D eigenvalue weighted by molar-refractivity contribution is 0.208. The van der Waals surface area contributed by atoms with Crippen LogP contribution in [-0.4, -0.2) is 10.9 Å². The molecule has 0 atom stereocenters. The number of nitrogens with zero attached hydrogens (tertiary/aromatic N) is 1. The third-order valence-electron chi connectivity index (χ3n) is 3.70. The highest BCUT2D eigenvalue weighted by atomic mass is 16.2. The number of primary amides is 1. The van der Waals surface area contributed by atoms with E-state index in [9.17, 15) is 4.79 Å². The Labute approximate surface area is 112 Å². The summed E-state index contributed by atoms with van der Waals surface area (Å²) < 4.78 is 0. The van der Waals surface area contributed by atoms with Crippen LogP contribution in [0.3, 0.4) is 0 Å². The SMILES string of the molecule is Cc1ccccc1-c1ccc2c(c1)CN(C(N)=O)C2. The van der Waals surface area contributed by atoms with E-state index in [1.165, 1.54) is 27.8 Å². The summed E-state index contributed by atoms with van der Waals surface area (Å²) in [4.78, 5) is 12.9. The van der Waals surface area contributed by atoms with Gasteiger partial charge in [0.15, 0.2) is 0 Å². The molecule has 0 spiro atoms. The molecule has 2 N–H and O–H groups in total. The second kappa shape index (κ2) is 4.43. The first-order valence-corrected chi connectivity index (χ1v) is 6.37. The van der Waals surface area contributed by atoms with Crippen molar-refractivity contribution in [3.63, 3.8) is 0 Å². The normalized spacial score (nSPS) is 13.4. The van der Waals surface area contributed by atoms with Gasteiger partial charge in [0.1, 0.15) is 0 Å². The molecule has 0 fully saturated rings. The van der Waals surface area contributed by atoms with Gasteiger partial charge < -0.3 is 10.6 Å². The van der Waals surface area contributed by atoms with E-state index in [0.29, 0.717) is 13.1 Å². The molecule has 0 aromatic heterocycles. The fourth-order valence-corrected chi connectivity index (χ4v) is 2.61. The van der Waals surface area contributed by atoms with Crippen molar-refractivity contribution in [3.05, 3.63) is 59.2 Å². The van der Waals surface area contributed by atoms with Crippen LogP contribution in [0.4, 0.5) is 4.79 Å². The van der Waals surface area contributed by atoms with Crippen molar-refractivity contribution < 1.29 is 4.79 Å². The van der Waals surface area contributed by atoms with Crippen LogP contribution in [0.5, 0.6) is 0 Å². The molecule has 0 bridgehead atoms. The van der Waals surface area contributed by atoms with Crippen molar-refractivity contribution in [3.8, 4) is 11.1 Å². The number of nitrogens with two attached hydrogens (primary N) is 1. The standard InChI is InChI=1S/C16H16N2O/c1-11-4-2-3-5-15(11)12-6-7-13-9-18(16(17)19)10-14(13)8-12/h2-8H,9-10H2,1H3,(H2,17,19). The molecule has 1 heterocycles. The summed E-state index contributed by atoms with van der Waals surface area (Å²) in [6.45, 7) is 3.35. The Bertz CT molecular complexity index is 649. The minimum absolute atomic E-state index is 0.353. The van der Waals surface area contributed by atoms with E-state index in [-0.39, 0.29) is 6.03 Å². The van der Waals surface area contributed by atoms with E-state index < -0.39 is 0 Å². The van der Waals surface area contributed by atoms with Gasteiger partial charge in [0.05, 0.1) is 0 Å². The van der Waals surface area contributed by atoms with Crippen LogP contribution >= 0.6 is 0 Å². The van der Waals surface area contributed by atoms with Crippen LogP contribution in [-0.2, 0) is 13.1 Å². The zero-order chi connectivity index (χ0) is 13.4. The lowest BCUT2D eigenvalue weighted by Crippen LogP contribution is -2.30. The molecule has 96 valence electrons. The van der Waals surface area contributed by atoms with E-state index in [4.69, 9.17) is 5.73 Å². The summed E-state index contributed by atoms with van der Waals surface area (Å²) >= 11 is 0. The van der Waals surface area contributed by atoms with Crippen LogP contribution < -0.4 is 5.73 Å². The van der Waals surface area contributed by atoms with Gasteiger partial charge in [-0.15, -0.1) is 0 Å². The third-order valence-corrected chi connectivity index (χ3v) is 3.70. The zero-order valence-electron chi connectivity index (χ0n) is 10.9. The first kappa shape index (κ1) is 11.8. The molecule has 2 amide bonds. The fourth-order valence-electron chi connectivity index (χ4n) is 2.61. The van der Waals surface area contributed by atoms with Crippen LogP contribution in [0.2, 0.25) is 0 Å². The van der Waals surface area contributed by atoms with E-state index in [0.717, 1.165) is 0 Å². The smallest absolute Gasteiger partial charge is 0.315 e. The number of carbonyl (C=O) groups is 1. The second-order valence-corrected chi connectivity index (χ2v) is 4.99. The van der Waals surface area contributed by atoms with Crippen LogP contribution in [0.15, 0.2) is 42.5 Å². The van der Waals surface area contributed by atoms with Gasteiger partial charge in [-0.2, -0.15) is 0 Å². The van der Waals surface area contributed by atoms with Crippen molar-refractivity contribution in [2.24, 2.45) is 5.73 Å². The summed E-state index contributed by atoms with van der Waals surface area (Å²) in [5.74, 6) is 0. The fraction of sp³-hybridized carbons (Fsp3) is 0.188. The monoisotopic (exact) mass is 252 g/mol. The zero-order valence-corrected chi connectivity index (χ0v) is 10.9. The molecule has 0 saturated heterocycles. The number of hydrogen-bond donors (Lipinski definition) is 1. The lowest BCUT2D eigenvalue weighted by Gasteiger charge is -2.10. The van der Waals surface area contributed by atoms with Gasteiger partial charge in [0, 0.05) is 13.1 Å². The molecule has 0 aliphatic carbocycles. The number of carbonyl (C=O) groups excluding carboxylic acids is 1. The third kappa shape index (κ3) is 2.08. The number of aryl methyl sites for hydroxylation is 1. The van der Waals surface area contributed by atoms with Crippen molar-refractivity contribution in [1.29, 1.82) is 0 Å². The number of amides is 2. The maximum Gasteiger partial charge on any atom is 0.315 e. The van der Waals surface area contributed by atoms with Gasteiger partial charge in [0.25, 0.3) is 0 Å². The average Bonchev–Trinajstić information content (AvgIpc) is 2.82. The summed E-state index contributed by atoms with van der Waals surface area (Å²) in [7, 11) is 0. The average molecular weight is 252 g/mol. The van der Waals surface area contributed by atoms with E-state index >= 15 is 0 Å². The maximum absolute atomic E-state index is 11.2. The predicted octanol–water partition coefficient (Wildman–Crippen LogP) is 3.06. The summed E-state index contributed by atoms with van der Waals surface area (Å²) in [5.41, 5.74) is 11.4. The molecule has 0 radical (unpaired) electrons. The van der Waals surface area contributed by atoms with Crippen molar-refractivity contribution >= 4 is 6.03 Å². The minimum Gasteiger partial charge on any atom is -0.351 e. The van der Waals surface area contributed by atoms with Gasteiger partial charge in [-0.05, 0) is 40.8 Å². The van der Waals surface area contributed by atoms with Crippen LogP contribution in [0.1, 0.15) is 16.7 Å². The largest absolute Gasteiger partial charge is 0.351 e. The molecule has 1 aliphatic rings. The van der Waals surface area contributed by atoms with Gasteiger partial charge in [-0.1, -0.05) is 36.4 Å². The number of urea groups is 1. The Kier molecular flexibility index (Phi) is 2.75. The molecule has 3 nitrogen and oxygen atoms in total. The molecule has 19 heavy (non-hydrogen) atoms. The molecule has 3 rings (SSSR count). The van der Waals surface area contributed by atoms with Crippen molar-refractivity contribution in [2.45, 2.75) is 20.0 Å². The molecule has 2 aromatic rings. The quantitative estimate of drug-likeness (QED) is 0.833. The molecule has 0 unspecified atom stereocenters. The van der Waals surface area contributed by atoms with Crippen molar-refractivity contribution in [1.82, 2.24) is 4.90 Å². The molecular weight excluding hydrogens is 236 g/mol. The number of rotatable bonds is 1. The molecule has 1 aliphatic heterocycles. The first-order chi connectivity index (χ1) is 9.15. The Morgan fingerprint density at radius 3 is 2.58 bits per heavy atom.